The molecule has 0 spiro atoms. The normalized spacial score (nSPS) is 34.4. The van der Waals surface area contributed by atoms with Crippen molar-refractivity contribution in [3.8, 4) is 0 Å². The van der Waals surface area contributed by atoms with Crippen LogP contribution in [0.1, 0.15) is 58.3 Å². The molecule has 4 nitrogen and oxygen atoms in total. The molecule has 2 aliphatic carbocycles. The Morgan fingerprint density at radius 2 is 2.17 bits per heavy atom. The van der Waals surface area contributed by atoms with Gasteiger partial charge in [0.1, 0.15) is 0 Å². The van der Waals surface area contributed by atoms with Gasteiger partial charge in [-0.15, -0.1) is 0 Å². The molecule has 1 saturated heterocycles. The lowest BCUT2D eigenvalue weighted by Crippen LogP contribution is -2.49. The summed E-state index contributed by atoms with van der Waals surface area (Å²) in [4.78, 5) is 24.0. The summed E-state index contributed by atoms with van der Waals surface area (Å²) in [6.45, 7) is 2.13. The SMILES string of the molecule is CCOC(=O)/C=C/[C@]12C=CCC[C@@]1(C1CCCCC1)CC(=O)O2. The number of hydrogen-bond acceptors (Lipinski definition) is 4. The van der Waals surface area contributed by atoms with Gasteiger partial charge in [0, 0.05) is 11.5 Å². The van der Waals surface area contributed by atoms with Crippen molar-refractivity contribution in [2.75, 3.05) is 6.61 Å². The second-order valence-corrected chi connectivity index (χ2v) is 6.96. The summed E-state index contributed by atoms with van der Waals surface area (Å²) in [5, 5.41) is 0. The first-order valence-electron chi connectivity index (χ1n) is 8.87. The maximum Gasteiger partial charge on any atom is 0.330 e. The van der Waals surface area contributed by atoms with Crippen molar-refractivity contribution >= 4 is 11.9 Å². The van der Waals surface area contributed by atoms with Crippen molar-refractivity contribution in [2.45, 2.75) is 63.9 Å². The third-order valence-electron chi connectivity index (χ3n) is 5.78. The van der Waals surface area contributed by atoms with Crippen LogP contribution in [0.5, 0.6) is 0 Å². The standard InChI is InChI=1S/C19H26O4/c1-2-22-16(20)10-13-19-12-7-6-11-18(19,14-17(21)23-19)15-8-4-3-5-9-15/h7,10,12-13,15H,2-6,8-9,11,14H2,1H3/b13-10+/t18-,19+/m0/s1. The van der Waals surface area contributed by atoms with E-state index in [4.69, 9.17) is 9.47 Å². The Bertz CT molecular complexity index is 529. The highest BCUT2D eigenvalue weighted by Crippen LogP contribution is 2.59. The van der Waals surface area contributed by atoms with E-state index in [0.29, 0.717) is 18.9 Å². The van der Waals surface area contributed by atoms with Crippen molar-refractivity contribution in [1.29, 1.82) is 0 Å². The number of hydrogen-bond donors (Lipinski definition) is 0. The molecule has 2 atom stereocenters. The Morgan fingerprint density at radius 3 is 2.91 bits per heavy atom. The quantitative estimate of drug-likeness (QED) is 0.450. The molecule has 2 fully saturated rings. The number of esters is 2. The molecule has 0 aromatic carbocycles. The fraction of sp³-hybridized carbons (Fsp3) is 0.684. The average molecular weight is 318 g/mol. The van der Waals surface area contributed by atoms with Crippen molar-refractivity contribution in [2.24, 2.45) is 11.3 Å². The minimum Gasteiger partial charge on any atom is -0.463 e. The highest BCUT2D eigenvalue weighted by atomic mass is 16.6. The summed E-state index contributed by atoms with van der Waals surface area (Å²) < 4.78 is 10.8. The molecular formula is C19H26O4. The Kier molecular flexibility index (Phi) is 4.60. The number of carbonyl (C=O) groups is 2. The zero-order chi connectivity index (χ0) is 16.3. The molecule has 3 rings (SSSR count). The van der Waals surface area contributed by atoms with Gasteiger partial charge in [-0.25, -0.2) is 4.79 Å². The molecule has 0 N–H and O–H groups in total. The van der Waals surface area contributed by atoms with Crippen LogP contribution in [0.2, 0.25) is 0 Å². The van der Waals surface area contributed by atoms with Gasteiger partial charge in [-0.05, 0) is 50.7 Å². The van der Waals surface area contributed by atoms with Crippen LogP contribution in [0.4, 0.5) is 0 Å². The first kappa shape index (κ1) is 16.3. The van der Waals surface area contributed by atoms with E-state index < -0.39 is 5.60 Å². The summed E-state index contributed by atoms with van der Waals surface area (Å²) in [6, 6.07) is 0. The Morgan fingerprint density at radius 1 is 1.39 bits per heavy atom. The molecule has 1 heterocycles. The average Bonchev–Trinajstić information content (AvgIpc) is 2.87. The Balaban J connectivity index is 1.95. The predicted molar refractivity (Wildman–Crippen MR) is 86.6 cm³/mol. The summed E-state index contributed by atoms with van der Waals surface area (Å²) in [7, 11) is 0. The second-order valence-electron chi connectivity index (χ2n) is 6.96. The third kappa shape index (κ3) is 2.84. The van der Waals surface area contributed by atoms with Gasteiger partial charge in [0.2, 0.25) is 0 Å². The zero-order valence-electron chi connectivity index (χ0n) is 13.9. The monoisotopic (exact) mass is 318 g/mol. The molecule has 1 saturated carbocycles. The van der Waals surface area contributed by atoms with E-state index in [0.717, 1.165) is 25.7 Å². The molecule has 0 bridgehead atoms. The summed E-state index contributed by atoms with van der Waals surface area (Å²) in [5.41, 5.74) is -0.959. The van der Waals surface area contributed by atoms with E-state index >= 15 is 0 Å². The van der Waals surface area contributed by atoms with Gasteiger partial charge < -0.3 is 9.47 Å². The van der Waals surface area contributed by atoms with Crippen LogP contribution in [0.25, 0.3) is 0 Å². The minimum absolute atomic E-state index is 0.143. The Labute approximate surface area is 137 Å². The largest absolute Gasteiger partial charge is 0.463 e. The van der Waals surface area contributed by atoms with Crippen molar-refractivity contribution < 1.29 is 19.1 Å². The number of carbonyl (C=O) groups excluding carboxylic acids is 2. The van der Waals surface area contributed by atoms with E-state index in [2.05, 4.69) is 6.08 Å². The van der Waals surface area contributed by atoms with Crippen LogP contribution >= 0.6 is 0 Å². The fourth-order valence-corrected chi connectivity index (χ4v) is 4.77. The number of ether oxygens (including phenoxy) is 2. The van der Waals surface area contributed by atoms with Gasteiger partial charge in [-0.3, -0.25) is 4.79 Å². The van der Waals surface area contributed by atoms with Crippen LogP contribution in [0.15, 0.2) is 24.3 Å². The predicted octanol–water partition coefficient (Wildman–Crippen LogP) is 3.71. The lowest BCUT2D eigenvalue weighted by atomic mass is 9.56. The summed E-state index contributed by atoms with van der Waals surface area (Å²) in [5.74, 6) is -0.0310. The summed E-state index contributed by atoms with van der Waals surface area (Å²) >= 11 is 0. The lowest BCUT2D eigenvalue weighted by molar-refractivity contribution is -0.145. The number of allylic oxidation sites excluding steroid dienone is 1. The maximum absolute atomic E-state index is 12.2. The van der Waals surface area contributed by atoms with Crippen molar-refractivity contribution in [1.82, 2.24) is 0 Å². The number of fused-ring (bicyclic) bond motifs is 1. The maximum atomic E-state index is 12.2. The van der Waals surface area contributed by atoms with Gasteiger partial charge in [0.15, 0.2) is 5.60 Å². The first-order chi connectivity index (χ1) is 11.1. The molecular weight excluding hydrogens is 292 g/mol. The molecule has 0 aromatic rings. The van der Waals surface area contributed by atoms with Crippen molar-refractivity contribution in [3.63, 3.8) is 0 Å². The van der Waals surface area contributed by atoms with Crippen LogP contribution < -0.4 is 0 Å². The third-order valence-corrected chi connectivity index (χ3v) is 5.78. The molecule has 0 amide bonds. The van der Waals surface area contributed by atoms with E-state index in [-0.39, 0.29) is 17.4 Å². The van der Waals surface area contributed by atoms with Gasteiger partial charge >= 0.3 is 11.9 Å². The van der Waals surface area contributed by atoms with Gasteiger partial charge in [0.25, 0.3) is 0 Å². The zero-order valence-corrected chi connectivity index (χ0v) is 13.9. The molecule has 1 aliphatic heterocycles. The smallest absolute Gasteiger partial charge is 0.330 e. The van der Waals surface area contributed by atoms with E-state index in [1.54, 1.807) is 13.0 Å². The van der Waals surface area contributed by atoms with Crippen LogP contribution in [-0.4, -0.2) is 24.1 Å². The molecule has 126 valence electrons. The molecule has 3 aliphatic rings. The van der Waals surface area contributed by atoms with E-state index in [1.165, 1.54) is 25.3 Å². The molecule has 0 aromatic heterocycles. The van der Waals surface area contributed by atoms with Gasteiger partial charge in [-0.1, -0.05) is 25.3 Å². The molecule has 0 radical (unpaired) electrons. The second kappa shape index (κ2) is 6.50. The molecule has 4 heteroatoms. The van der Waals surface area contributed by atoms with Crippen molar-refractivity contribution in [3.05, 3.63) is 24.3 Å². The Hall–Kier alpha value is -1.58. The first-order valence-corrected chi connectivity index (χ1v) is 8.87. The molecule has 0 unspecified atom stereocenters. The highest BCUT2D eigenvalue weighted by molar-refractivity contribution is 5.83. The van der Waals surface area contributed by atoms with Crippen LogP contribution in [0, 0.1) is 11.3 Å². The van der Waals surface area contributed by atoms with Crippen LogP contribution in [0.3, 0.4) is 0 Å². The summed E-state index contributed by atoms with van der Waals surface area (Å²) in [6.07, 6.45) is 15.7. The van der Waals surface area contributed by atoms with Gasteiger partial charge in [0.05, 0.1) is 13.0 Å². The highest BCUT2D eigenvalue weighted by Gasteiger charge is 2.61. The minimum atomic E-state index is -0.767. The van der Waals surface area contributed by atoms with E-state index in [1.807, 2.05) is 6.08 Å². The fourth-order valence-electron chi connectivity index (χ4n) is 4.77. The topological polar surface area (TPSA) is 52.6 Å². The van der Waals surface area contributed by atoms with Gasteiger partial charge in [-0.2, -0.15) is 0 Å². The lowest BCUT2D eigenvalue weighted by Gasteiger charge is -2.48. The van der Waals surface area contributed by atoms with E-state index in [9.17, 15) is 9.59 Å². The number of rotatable bonds is 4. The van der Waals surface area contributed by atoms with Crippen LogP contribution in [-0.2, 0) is 19.1 Å². The molecule has 23 heavy (non-hydrogen) atoms.